The summed E-state index contributed by atoms with van der Waals surface area (Å²) >= 11 is 3.46. The Labute approximate surface area is 134 Å². The third kappa shape index (κ3) is 3.79. The van der Waals surface area contributed by atoms with Crippen LogP contribution in [0.3, 0.4) is 0 Å². The molecular weight excluding hydrogens is 346 g/mol. The number of hydrogen-bond donors (Lipinski definition) is 1. The van der Waals surface area contributed by atoms with E-state index in [2.05, 4.69) is 15.9 Å². The minimum absolute atomic E-state index is 0. The van der Waals surface area contributed by atoms with E-state index in [9.17, 15) is 0 Å². The Morgan fingerprint density at radius 2 is 1.80 bits per heavy atom. The normalized spacial score (nSPS) is 17.2. The van der Waals surface area contributed by atoms with Crippen LogP contribution >= 0.6 is 28.3 Å². The fraction of sp³-hybridized carbons (Fsp3) is 0.571. The summed E-state index contributed by atoms with van der Waals surface area (Å²) in [4.78, 5) is 0. The molecule has 1 aromatic rings. The Bertz CT molecular complexity index is 439. The number of ether oxygens (including phenoxy) is 3. The van der Waals surface area contributed by atoms with Crippen LogP contribution in [0.4, 0.5) is 0 Å². The predicted octanol–water partition coefficient (Wildman–Crippen LogP) is 3.31. The third-order valence-electron chi connectivity index (χ3n) is 3.64. The van der Waals surface area contributed by atoms with Gasteiger partial charge in [0.2, 0.25) is 0 Å². The van der Waals surface area contributed by atoms with Crippen LogP contribution < -0.4 is 15.2 Å². The first-order valence-corrected chi connectivity index (χ1v) is 7.21. The minimum Gasteiger partial charge on any atom is -0.496 e. The molecule has 4 nitrogen and oxygen atoms in total. The maximum absolute atomic E-state index is 6.41. The Hall–Kier alpha value is -0.490. The highest BCUT2D eigenvalue weighted by Gasteiger charge is 2.25. The zero-order valence-electron chi connectivity index (χ0n) is 11.7. The molecule has 1 heterocycles. The molecule has 2 rings (SSSR count). The van der Waals surface area contributed by atoms with E-state index < -0.39 is 0 Å². The highest BCUT2D eigenvalue weighted by Crippen LogP contribution is 2.39. The Balaban J connectivity index is 0.00000200. The van der Waals surface area contributed by atoms with E-state index in [-0.39, 0.29) is 18.4 Å². The van der Waals surface area contributed by atoms with E-state index in [0.29, 0.717) is 5.92 Å². The summed E-state index contributed by atoms with van der Waals surface area (Å²) in [6.07, 6.45) is 1.98. The van der Waals surface area contributed by atoms with Crippen molar-refractivity contribution >= 4 is 28.3 Å². The smallest absolute Gasteiger partial charge is 0.133 e. The average molecular weight is 367 g/mol. The Morgan fingerprint density at radius 1 is 1.20 bits per heavy atom. The Morgan fingerprint density at radius 3 is 2.35 bits per heavy atom. The van der Waals surface area contributed by atoms with E-state index in [4.69, 9.17) is 19.9 Å². The van der Waals surface area contributed by atoms with Gasteiger partial charge in [-0.05, 0) is 46.8 Å². The number of nitrogens with two attached hydrogens (primary N) is 1. The fourth-order valence-electron chi connectivity index (χ4n) is 2.47. The standard InChI is InChI=1S/C14H20BrNO3.ClH/c1-17-12-8-11(15)13(18-2)7-10(12)14(16)9-3-5-19-6-4-9;/h7-9,14H,3-6,16H2,1-2H3;1H/t14-;/m0./s1. The molecule has 20 heavy (non-hydrogen) atoms. The van der Waals surface area contributed by atoms with Gasteiger partial charge in [-0.1, -0.05) is 0 Å². The SMILES string of the molecule is COc1cc([C@@H](N)C2CCOCC2)c(OC)cc1Br.Cl. The maximum Gasteiger partial charge on any atom is 0.133 e. The highest BCUT2D eigenvalue weighted by atomic mass is 79.9. The molecule has 1 fully saturated rings. The van der Waals surface area contributed by atoms with Gasteiger partial charge in [-0.25, -0.2) is 0 Å². The van der Waals surface area contributed by atoms with Gasteiger partial charge in [0.25, 0.3) is 0 Å². The molecule has 0 amide bonds. The molecule has 0 aromatic heterocycles. The maximum atomic E-state index is 6.41. The lowest BCUT2D eigenvalue weighted by molar-refractivity contribution is 0.0581. The molecule has 0 bridgehead atoms. The summed E-state index contributed by atoms with van der Waals surface area (Å²) < 4.78 is 17.0. The number of rotatable bonds is 4. The number of halogens is 2. The van der Waals surface area contributed by atoms with Crippen LogP contribution in [0.25, 0.3) is 0 Å². The zero-order chi connectivity index (χ0) is 13.8. The van der Waals surface area contributed by atoms with Crippen molar-refractivity contribution in [3.05, 3.63) is 22.2 Å². The minimum atomic E-state index is -0.0548. The van der Waals surface area contributed by atoms with Crippen molar-refractivity contribution in [3.8, 4) is 11.5 Å². The quantitative estimate of drug-likeness (QED) is 0.888. The van der Waals surface area contributed by atoms with Gasteiger partial charge in [0.05, 0.1) is 18.7 Å². The second-order valence-corrected chi connectivity index (χ2v) is 5.56. The summed E-state index contributed by atoms with van der Waals surface area (Å²) in [5.41, 5.74) is 7.41. The van der Waals surface area contributed by atoms with Crippen molar-refractivity contribution in [1.29, 1.82) is 0 Å². The molecular formula is C14H21BrClNO3. The molecule has 6 heteroatoms. The number of benzene rings is 1. The van der Waals surface area contributed by atoms with Crippen LogP contribution in [0.15, 0.2) is 16.6 Å². The average Bonchev–Trinajstić information content (AvgIpc) is 2.47. The molecule has 1 aromatic carbocycles. The summed E-state index contributed by atoms with van der Waals surface area (Å²) in [7, 11) is 3.31. The third-order valence-corrected chi connectivity index (χ3v) is 4.26. The van der Waals surface area contributed by atoms with E-state index >= 15 is 0 Å². The summed E-state index contributed by atoms with van der Waals surface area (Å²) in [5.74, 6) is 2.00. The topological polar surface area (TPSA) is 53.7 Å². The van der Waals surface area contributed by atoms with E-state index in [1.807, 2.05) is 12.1 Å². The molecule has 1 aliphatic heterocycles. The van der Waals surface area contributed by atoms with Crippen LogP contribution in [-0.2, 0) is 4.74 Å². The van der Waals surface area contributed by atoms with Gasteiger partial charge in [0.15, 0.2) is 0 Å². The molecule has 1 atom stereocenters. The van der Waals surface area contributed by atoms with Crippen molar-refractivity contribution in [2.24, 2.45) is 11.7 Å². The summed E-state index contributed by atoms with van der Waals surface area (Å²) in [6.45, 7) is 1.57. The number of hydrogen-bond acceptors (Lipinski definition) is 4. The van der Waals surface area contributed by atoms with E-state index in [0.717, 1.165) is 47.6 Å². The van der Waals surface area contributed by atoms with Crippen LogP contribution in [-0.4, -0.2) is 27.4 Å². The lowest BCUT2D eigenvalue weighted by Gasteiger charge is -2.29. The lowest BCUT2D eigenvalue weighted by Crippen LogP contribution is -2.27. The van der Waals surface area contributed by atoms with Gasteiger partial charge in [-0.15, -0.1) is 12.4 Å². The lowest BCUT2D eigenvalue weighted by atomic mass is 9.87. The van der Waals surface area contributed by atoms with Crippen LogP contribution in [0.5, 0.6) is 11.5 Å². The van der Waals surface area contributed by atoms with Crippen molar-refractivity contribution in [3.63, 3.8) is 0 Å². The molecule has 2 N–H and O–H groups in total. The molecule has 0 aliphatic carbocycles. The largest absolute Gasteiger partial charge is 0.496 e. The molecule has 0 radical (unpaired) electrons. The second kappa shape index (κ2) is 8.08. The van der Waals surface area contributed by atoms with Crippen LogP contribution in [0, 0.1) is 5.92 Å². The van der Waals surface area contributed by atoms with Gasteiger partial charge >= 0.3 is 0 Å². The molecule has 1 aliphatic rings. The number of methoxy groups -OCH3 is 2. The van der Waals surface area contributed by atoms with Gasteiger partial charge in [-0.3, -0.25) is 0 Å². The first-order chi connectivity index (χ1) is 9.17. The highest BCUT2D eigenvalue weighted by molar-refractivity contribution is 9.10. The molecule has 0 spiro atoms. The van der Waals surface area contributed by atoms with Crippen molar-refractivity contribution in [2.45, 2.75) is 18.9 Å². The van der Waals surface area contributed by atoms with Crippen molar-refractivity contribution in [2.75, 3.05) is 27.4 Å². The van der Waals surface area contributed by atoms with Crippen molar-refractivity contribution in [1.82, 2.24) is 0 Å². The molecule has 0 unspecified atom stereocenters. The van der Waals surface area contributed by atoms with Gasteiger partial charge < -0.3 is 19.9 Å². The molecule has 114 valence electrons. The monoisotopic (exact) mass is 365 g/mol. The predicted molar refractivity (Wildman–Crippen MR) is 85.0 cm³/mol. The zero-order valence-corrected chi connectivity index (χ0v) is 14.1. The fourth-order valence-corrected chi connectivity index (χ4v) is 2.96. The van der Waals surface area contributed by atoms with Gasteiger partial charge in [0, 0.05) is 24.8 Å². The molecule has 1 saturated heterocycles. The second-order valence-electron chi connectivity index (χ2n) is 4.70. The van der Waals surface area contributed by atoms with Gasteiger partial charge in [0.1, 0.15) is 11.5 Å². The Kier molecular flexibility index (Phi) is 7.09. The van der Waals surface area contributed by atoms with Gasteiger partial charge in [-0.2, -0.15) is 0 Å². The van der Waals surface area contributed by atoms with Crippen LogP contribution in [0.1, 0.15) is 24.4 Å². The van der Waals surface area contributed by atoms with E-state index in [1.54, 1.807) is 14.2 Å². The first-order valence-electron chi connectivity index (χ1n) is 6.42. The van der Waals surface area contributed by atoms with Crippen LogP contribution in [0.2, 0.25) is 0 Å². The first kappa shape index (κ1) is 17.6. The van der Waals surface area contributed by atoms with Crippen molar-refractivity contribution < 1.29 is 14.2 Å². The van der Waals surface area contributed by atoms with E-state index in [1.165, 1.54) is 0 Å². The summed E-state index contributed by atoms with van der Waals surface area (Å²) in [6, 6.07) is 3.82. The summed E-state index contributed by atoms with van der Waals surface area (Å²) in [5, 5.41) is 0. The molecule has 0 saturated carbocycles.